The predicted molar refractivity (Wildman–Crippen MR) is 75.3 cm³/mol. The molecule has 3 heteroatoms. The van der Waals surface area contributed by atoms with Gasteiger partial charge in [0.15, 0.2) is 0 Å². The predicted octanol–water partition coefficient (Wildman–Crippen LogP) is 3.21. The van der Waals surface area contributed by atoms with E-state index in [4.69, 9.17) is 0 Å². The number of nitrogens with one attached hydrogen (secondary N) is 1. The van der Waals surface area contributed by atoms with Gasteiger partial charge in [0.05, 0.1) is 12.0 Å². The molecule has 0 spiro atoms. The van der Waals surface area contributed by atoms with Crippen LogP contribution in [0, 0.1) is 11.8 Å². The summed E-state index contributed by atoms with van der Waals surface area (Å²) in [4.78, 5) is 4.31. The third kappa shape index (κ3) is 3.84. The van der Waals surface area contributed by atoms with Crippen LogP contribution in [0.3, 0.4) is 0 Å². The maximum atomic E-state index is 4.31. The molecule has 3 nitrogen and oxygen atoms in total. The third-order valence-corrected chi connectivity index (χ3v) is 3.86. The number of hydrogen-bond acceptors (Lipinski definition) is 2. The van der Waals surface area contributed by atoms with Crippen LogP contribution in [-0.2, 0) is 13.1 Å². The van der Waals surface area contributed by atoms with Crippen molar-refractivity contribution in [1.29, 1.82) is 0 Å². The van der Waals surface area contributed by atoms with E-state index in [9.17, 15) is 0 Å². The standard InChI is InChI=1S/C15H27N3/c1-12-5-6-13(7-12)10-18-11-16-8-14(18)9-17-15(2,3)4/h8,11-13,17H,5-7,9-10H2,1-4H3. The van der Waals surface area contributed by atoms with Crippen molar-refractivity contribution in [3.63, 3.8) is 0 Å². The van der Waals surface area contributed by atoms with Gasteiger partial charge in [0.25, 0.3) is 0 Å². The Morgan fingerprint density at radius 2 is 2.17 bits per heavy atom. The fourth-order valence-electron chi connectivity index (χ4n) is 2.78. The van der Waals surface area contributed by atoms with Gasteiger partial charge in [0.2, 0.25) is 0 Å². The highest BCUT2D eigenvalue weighted by Gasteiger charge is 2.22. The van der Waals surface area contributed by atoms with Crippen LogP contribution in [-0.4, -0.2) is 15.1 Å². The van der Waals surface area contributed by atoms with Crippen molar-refractivity contribution < 1.29 is 0 Å². The van der Waals surface area contributed by atoms with E-state index in [2.05, 4.69) is 42.6 Å². The third-order valence-electron chi connectivity index (χ3n) is 3.86. The molecule has 1 aromatic heterocycles. The largest absolute Gasteiger partial charge is 0.333 e. The van der Waals surface area contributed by atoms with Crippen molar-refractivity contribution in [3.8, 4) is 0 Å². The highest BCUT2D eigenvalue weighted by Crippen LogP contribution is 2.31. The van der Waals surface area contributed by atoms with E-state index < -0.39 is 0 Å². The van der Waals surface area contributed by atoms with E-state index in [0.717, 1.165) is 24.9 Å². The number of nitrogens with zero attached hydrogens (tertiary/aromatic N) is 2. The molecule has 0 bridgehead atoms. The average molecular weight is 249 g/mol. The first kappa shape index (κ1) is 13.6. The molecule has 0 amide bonds. The molecular formula is C15H27N3. The summed E-state index contributed by atoms with van der Waals surface area (Å²) in [5.41, 5.74) is 1.47. The van der Waals surface area contributed by atoms with Crippen LogP contribution in [0.4, 0.5) is 0 Å². The van der Waals surface area contributed by atoms with Crippen molar-refractivity contribution in [3.05, 3.63) is 18.2 Å². The van der Waals surface area contributed by atoms with Gasteiger partial charge < -0.3 is 9.88 Å². The number of imidazole rings is 1. The Labute approximate surface area is 111 Å². The molecule has 1 aliphatic rings. The second-order valence-electron chi connectivity index (χ2n) is 6.93. The first-order valence-electron chi connectivity index (χ1n) is 7.18. The van der Waals surface area contributed by atoms with Crippen molar-refractivity contribution >= 4 is 0 Å². The Kier molecular flexibility index (Phi) is 4.10. The molecule has 2 rings (SSSR count). The Morgan fingerprint density at radius 1 is 1.39 bits per heavy atom. The molecule has 1 aliphatic carbocycles. The first-order chi connectivity index (χ1) is 8.44. The summed E-state index contributed by atoms with van der Waals surface area (Å²) in [6, 6.07) is 0. The lowest BCUT2D eigenvalue weighted by molar-refractivity contribution is 0.398. The maximum Gasteiger partial charge on any atom is 0.0948 e. The summed E-state index contributed by atoms with van der Waals surface area (Å²) in [5.74, 6) is 1.76. The topological polar surface area (TPSA) is 29.9 Å². The van der Waals surface area contributed by atoms with E-state index in [1.54, 1.807) is 0 Å². The molecule has 1 heterocycles. The molecule has 1 fully saturated rings. The quantitative estimate of drug-likeness (QED) is 0.888. The van der Waals surface area contributed by atoms with Crippen LogP contribution < -0.4 is 5.32 Å². The van der Waals surface area contributed by atoms with Gasteiger partial charge >= 0.3 is 0 Å². The van der Waals surface area contributed by atoms with Gasteiger partial charge in [-0.15, -0.1) is 0 Å². The summed E-state index contributed by atoms with van der Waals surface area (Å²) in [6.45, 7) is 11.0. The SMILES string of the molecule is CC1CCC(Cn2cncc2CNC(C)(C)C)C1. The minimum absolute atomic E-state index is 0.164. The fourth-order valence-corrected chi connectivity index (χ4v) is 2.78. The zero-order valence-corrected chi connectivity index (χ0v) is 12.2. The van der Waals surface area contributed by atoms with Crippen LogP contribution >= 0.6 is 0 Å². The van der Waals surface area contributed by atoms with Gasteiger partial charge in [-0.25, -0.2) is 4.98 Å². The Bertz CT molecular complexity index is 375. The molecule has 18 heavy (non-hydrogen) atoms. The van der Waals surface area contributed by atoms with E-state index in [1.165, 1.54) is 25.0 Å². The molecule has 0 aliphatic heterocycles. The minimum atomic E-state index is 0.164. The van der Waals surface area contributed by atoms with Crippen LogP contribution in [0.15, 0.2) is 12.5 Å². The molecule has 1 saturated carbocycles. The summed E-state index contributed by atoms with van der Waals surface area (Å²) in [5, 5.41) is 3.54. The van der Waals surface area contributed by atoms with Gasteiger partial charge in [0.1, 0.15) is 0 Å². The molecule has 0 radical (unpaired) electrons. The Morgan fingerprint density at radius 3 is 2.78 bits per heavy atom. The van der Waals surface area contributed by atoms with E-state index >= 15 is 0 Å². The van der Waals surface area contributed by atoms with Gasteiger partial charge in [0, 0.05) is 24.8 Å². The lowest BCUT2D eigenvalue weighted by atomic mass is 10.1. The van der Waals surface area contributed by atoms with E-state index in [-0.39, 0.29) is 5.54 Å². The van der Waals surface area contributed by atoms with Crippen LogP contribution in [0.5, 0.6) is 0 Å². The second-order valence-corrected chi connectivity index (χ2v) is 6.93. The molecular weight excluding hydrogens is 222 g/mol. The van der Waals surface area contributed by atoms with Crippen LogP contribution in [0.2, 0.25) is 0 Å². The van der Waals surface area contributed by atoms with E-state index in [0.29, 0.717) is 0 Å². The number of aromatic nitrogens is 2. The molecule has 2 atom stereocenters. The summed E-state index contributed by atoms with van der Waals surface area (Å²) in [7, 11) is 0. The Hall–Kier alpha value is -0.830. The van der Waals surface area contributed by atoms with Crippen molar-refractivity contribution in [1.82, 2.24) is 14.9 Å². The zero-order valence-electron chi connectivity index (χ0n) is 12.2. The second kappa shape index (κ2) is 5.43. The first-order valence-corrected chi connectivity index (χ1v) is 7.18. The van der Waals surface area contributed by atoms with Gasteiger partial charge in [-0.2, -0.15) is 0 Å². The zero-order chi connectivity index (χ0) is 13.2. The summed E-state index contributed by atoms with van der Waals surface area (Å²) >= 11 is 0. The van der Waals surface area contributed by atoms with Crippen molar-refractivity contribution in [2.45, 2.75) is 65.6 Å². The Balaban J connectivity index is 1.91. The molecule has 0 saturated heterocycles. The lowest BCUT2D eigenvalue weighted by Gasteiger charge is -2.21. The van der Waals surface area contributed by atoms with Gasteiger partial charge in [-0.1, -0.05) is 13.3 Å². The summed E-state index contributed by atoms with van der Waals surface area (Å²) < 4.78 is 2.33. The molecule has 1 N–H and O–H groups in total. The van der Waals surface area contributed by atoms with Gasteiger partial charge in [-0.05, 0) is 45.4 Å². The molecule has 0 aromatic carbocycles. The van der Waals surface area contributed by atoms with Gasteiger partial charge in [-0.3, -0.25) is 0 Å². The highest BCUT2D eigenvalue weighted by atomic mass is 15.1. The monoisotopic (exact) mass is 249 g/mol. The average Bonchev–Trinajstić information content (AvgIpc) is 2.85. The minimum Gasteiger partial charge on any atom is -0.333 e. The number of hydrogen-bond donors (Lipinski definition) is 1. The van der Waals surface area contributed by atoms with Crippen LogP contribution in [0.25, 0.3) is 0 Å². The molecule has 2 unspecified atom stereocenters. The normalized spacial score (nSPS) is 24.7. The molecule has 1 aromatic rings. The maximum absolute atomic E-state index is 4.31. The fraction of sp³-hybridized carbons (Fsp3) is 0.800. The van der Waals surface area contributed by atoms with Crippen molar-refractivity contribution in [2.24, 2.45) is 11.8 Å². The number of rotatable bonds is 4. The highest BCUT2D eigenvalue weighted by molar-refractivity contribution is 4.99. The van der Waals surface area contributed by atoms with Crippen LogP contribution in [0.1, 0.15) is 52.7 Å². The molecule has 102 valence electrons. The lowest BCUT2D eigenvalue weighted by Crippen LogP contribution is -2.35. The van der Waals surface area contributed by atoms with E-state index in [1.807, 2.05) is 12.5 Å². The summed E-state index contributed by atoms with van der Waals surface area (Å²) in [6.07, 6.45) is 8.14. The smallest absolute Gasteiger partial charge is 0.0948 e. The van der Waals surface area contributed by atoms with Crippen molar-refractivity contribution in [2.75, 3.05) is 0 Å².